The normalized spacial score (nSPS) is 9.70. The van der Waals surface area contributed by atoms with Gasteiger partial charge in [-0.25, -0.2) is 0 Å². The quantitative estimate of drug-likeness (QED) is 0.730. The van der Waals surface area contributed by atoms with Crippen molar-refractivity contribution < 1.29 is 19.4 Å². The van der Waals surface area contributed by atoms with Gasteiger partial charge in [-0.3, -0.25) is 4.79 Å². The zero-order valence-corrected chi connectivity index (χ0v) is 12.6. The maximum absolute atomic E-state index is 11.4. The van der Waals surface area contributed by atoms with Crippen LogP contribution in [-0.4, -0.2) is 30.8 Å². The molecule has 0 aliphatic heterocycles. The van der Waals surface area contributed by atoms with Crippen LogP contribution in [0.25, 0.3) is 0 Å². The summed E-state index contributed by atoms with van der Waals surface area (Å²) in [6.07, 6.45) is 0. The van der Waals surface area contributed by atoms with Crippen molar-refractivity contribution in [3.8, 4) is 17.6 Å². The molecule has 0 atom stereocenters. The molecule has 108 valence electrons. The topological polar surface area (TPSA) is 91.6 Å². The molecule has 0 fully saturated rings. The Morgan fingerprint density at radius 2 is 2.25 bits per heavy atom. The molecule has 1 amide bonds. The van der Waals surface area contributed by atoms with E-state index in [0.29, 0.717) is 28.1 Å². The summed E-state index contributed by atoms with van der Waals surface area (Å²) in [6, 6.07) is 5.14. The predicted octanol–water partition coefficient (Wildman–Crippen LogP) is 1.36. The highest BCUT2D eigenvalue weighted by molar-refractivity contribution is 9.10. The Bertz CT molecular complexity index is 514. The number of halogens is 1. The van der Waals surface area contributed by atoms with E-state index in [1.807, 2.05) is 6.92 Å². The molecule has 0 saturated heterocycles. The molecule has 0 radical (unpaired) electrons. The standard InChI is InChI=1S/C13H15BrN2O4/c1-2-19-11-6-9(7-17)5-10(14)13(11)20-8-12(18)16-4-3-15/h5-6,17H,2,4,7-8H2,1H3,(H,16,18). The van der Waals surface area contributed by atoms with Gasteiger partial charge in [-0.15, -0.1) is 0 Å². The Morgan fingerprint density at radius 1 is 1.50 bits per heavy atom. The van der Waals surface area contributed by atoms with Crippen molar-refractivity contribution in [1.82, 2.24) is 5.32 Å². The van der Waals surface area contributed by atoms with E-state index in [1.165, 1.54) is 0 Å². The maximum Gasteiger partial charge on any atom is 0.258 e. The third kappa shape index (κ3) is 4.72. The Morgan fingerprint density at radius 3 is 2.85 bits per heavy atom. The lowest BCUT2D eigenvalue weighted by atomic mass is 10.2. The molecule has 0 heterocycles. The van der Waals surface area contributed by atoms with Crippen LogP contribution in [0.3, 0.4) is 0 Å². The van der Waals surface area contributed by atoms with Gasteiger partial charge in [-0.1, -0.05) is 0 Å². The second kappa shape index (κ2) is 8.40. The van der Waals surface area contributed by atoms with Crippen molar-refractivity contribution in [2.24, 2.45) is 0 Å². The summed E-state index contributed by atoms with van der Waals surface area (Å²) in [6.45, 7) is 1.84. The van der Waals surface area contributed by atoms with E-state index in [4.69, 9.17) is 19.8 Å². The largest absolute Gasteiger partial charge is 0.490 e. The second-order valence-corrected chi connectivity index (χ2v) is 4.57. The van der Waals surface area contributed by atoms with Gasteiger partial charge < -0.3 is 19.9 Å². The lowest BCUT2D eigenvalue weighted by molar-refractivity contribution is -0.122. The maximum atomic E-state index is 11.4. The zero-order valence-electron chi connectivity index (χ0n) is 11.0. The summed E-state index contributed by atoms with van der Waals surface area (Å²) in [7, 11) is 0. The summed E-state index contributed by atoms with van der Waals surface area (Å²) in [5.41, 5.74) is 0.668. The number of ether oxygens (including phenoxy) is 2. The van der Waals surface area contributed by atoms with E-state index in [1.54, 1.807) is 18.2 Å². The Balaban J connectivity index is 2.82. The average Bonchev–Trinajstić information content (AvgIpc) is 2.44. The number of carbonyl (C=O) groups is 1. The summed E-state index contributed by atoms with van der Waals surface area (Å²) in [5.74, 6) is 0.433. The van der Waals surface area contributed by atoms with Crippen LogP contribution in [0, 0.1) is 11.3 Å². The smallest absolute Gasteiger partial charge is 0.258 e. The van der Waals surface area contributed by atoms with Crippen LogP contribution >= 0.6 is 15.9 Å². The molecule has 0 aromatic heterocycles. The molecule has 1 aromatic carbocycles. The average molecular weight is 343 g/mol. The van der Waals surface area contributed by atoms with E-state index in [9.17, 15) is 4.79 Å². The number of nitrogens with zero attached hydrogens (tertiary/aromatic N) is 1. The first kappa shape index (κ1) is 16.3. The van der Waals surface area contributed by atoms with E-state index in [2.05, 4.69) is 21.2 Å². The molecule has 0 bridgehead atoms. The number of hydrogen-bond acceptors (Lipinski definition) is 5. The Kier molecular flexibility index (Phi) is 6.84. The van der Waals surface area contributed by atoms with E-state index >= 15 is 0 Å². The number of aliphatic hydroxyl groups excluding tert-OH is 1. The molecule has 0 aliphatic carbocycles. The first-order valence-electron chi connectivity index (χ1n) is 5.94. The molecular weight excluding hydrogens is 328 g/mol. The highest BCUT2D eigenvalue weighted by Crippen LogP contribution is 2.36. The molecule has 6 nitrogen and oxygen atoms in total. The lowest BCUT2D eigenvalue weighted by Gasteiger charge is -2.14. The van der Waals surface area contributed by atoms with Crippen LogP contribution in [0.1, 0.15) is 12.5 Å². The van der Waals surface area contributed by atoms with Crippen LogP contribution in [0.15, 0.2) is 16.6 Å². The van der Waals surface area contributed by atoms with Crippen molar-refractivity contribution in [2.75, 3.05) is 19.8 Å². The highest BCUT2D eigenvalue weighted by Gasteiger charge is 2.13. The number of rotatable bonds is 7. The minimum Gasteiger partial charge on any atom is -0.490 e. The molecule has 1 rings (SSSR count). The van der Waals surface area contributed by atoms with Gasteiger partial charge in [0.25, 0.3) is 5.91 Å². The van der Waals surface area contributed by atoms with Crippen LogP contribution in [-0.2, 0) is 11.4 Å². The molecule has 0 saturated carbocycles. The van der Waals surface area contributed by atoms with Crippen LogP contribution < -0.4 is 14.8 Å². The Labute approximate surface area is 125 Å². The van der Waals surface area contributed by atoms with Crippen LogP contribution in [0.5, 0.6) is 11.5 Å². The summed E-state index contributed by atoms with van der Waals surface area (Å²) < 4.78 is 11.4. The monoisotopic (exact) mass is 342 g/mol. The minimum absolute atomic E-state index is 0.0644. The van der Waals surface area contributed by atoms with Crippen LogP contribution in [0.2, 0.25) is 0 Å². The minimum atomic E-state index is -0.396. The van der Waals surface area contributed by atoms with Crippen LogP contribution in [0.4, 0.5) is 0 Å². The molecule has 7 heteroatoms. The molecule has 0 aliphatic rings. The number of aliphatic hydroxyl groups is 1. The fraction of sp³-hybridized carbons (Fsp3) is 0.385. The molecule has 0 unspecified atom stereocenters. The summed E-state index contributed by atoms with van der Waals surface area (Å²) in [4.78, 5) is 11.4. The lowest BCUT2D eigenvalue weighted by Crippen LogP contribution is -2.29. The molecular formula is C13H15BrN2O4. The number of nitrogens with one attached hydrogen (secondary N) is 1. The second-order valence-electron chi connectivity index (χ2n) is 3.72. The predicted molar refractivity (Wildman–Crippen MR) is 75.4 cm³/mol. The van der Waals surface area contributed by atoms with Gasteiger partial charge in [-0.2, -0.15) is 5.26 Å². The third-order valence-electron chi connectivity index (χ3n) is 2.26. The van der Waals surface area contributed by atoms with Gasteiger partial charge in [0, 0.05) is 0 Å². The number of hydrogen-bond donors (Lipinski definition) is 2. The van der Waals surface area contributed by atoms with Crippen molar-refractivity contribution >= 4 is 21.8 Å². The number of amides is 1. The fourth-order valence-corrected chi connectivity index (χ4v) is 2.05. The number of carbonyl (C=O) groups excluding carboxylic acids is 1. The van der Waals surface area contributed by atoms with E-state index < -0.39 is 5.91 Å². The van der Waals surface area contributed by atoms with Gasteiger partial charge in [0.15, 0.2) is 18.1 Å². The third-order valence-corrected chi connectivity index (χ3v) is 2.85. The van der Waals surface area contributed by atoms with E-state index in [-0.39, 0.29) is 19.8 Å². The van der Waals surface area contributed by atoms with Crippen molar-refractivity contribution in [3.63, 3.8) is 0 Å². The molecule has 20 heavy (non-hydrogen) atoms. The fourth-order valence-electron chi connectivity index (χ4n) is 1.44. The van der Waals surface area contributed by atoms with Crippen molar-refractivity contribution in [1.29, 1.82) is 5.26 Å². The molecule has 2 N–H and O–H groups in total. The first-order chi connectivity index (χ1) is 9.62. The van der Waals surface area contributed by atoms with Gasteiger partial charge in [0.05, 0.1) is 23.8 Å². The zero-order chi connectivity index (χ0) is 15.0. The summed E-state index contributed by atoms with van der Waals surface area (Å²) >= 11 is 3.31. The molecule has 1 aromatic rings. The van der Waals surface area contributed by atoms with E-state index in [0.717, 1.165) is 0 Å². The van der Waals surface area contributed by atoms with Gasteiger partial charge >= 0.3 is 0 Å². The Hall–Kier alpha value is -1.78. The van der Waals surface area contributed by atoms with Gasteiger partial charge in [0.1, 0.15) is 6.54 Å². The van der Waals surface area contributed by atoms with Crippen molar-refractivity contribution in [3.05, 3.63) is 22.2 Å². The highest BCUT2D eigenvalue weighted by atomic mass is 79.9. The summed E-state index contributed by atoms with van der Waals surface area (Å²) in [5, 5.41) is 19.9. The molecule has 0 spiro atoms. The van der Waals surface area contributed by atoms with Gasteiger partial charge in [-0.05, 0) is 40.5 Å². The number of nitriles is 1. The SMILES string of the molecule is CCOc1cc(CO)cc(Br)c1OCC(=O)NCC#N. The first-order valence-corrected chi connectivity index (χ1v) is 6.74. The number of benzene rings is 1. The van der Waals surface area contributed by atoms with Crippen molar-refractivity contribution in [2.45, 2.75) is 13.5 Å². The van der Waals surface area contributed by atoms with Gasteiger partial charge in [0.2, 0.25) is 0 Å².